The summed E-state index contributed by atoms with van der Waals surface area (Å²) in [6, 6.07) is 9.25. The third kappa shape index (κ3) is 3.05. The van der Waals surface area contributed by atoms with E-state index >= 15 is 0 Å². The molecule has 0 radical (unpaired) electrons. The molecular weight excluding hydrogens is 283 g/mol. The average Bonchev–Trinajstić information content (AvgIpc) is 2.41. The molecule has 0 aliphatic rings. The molecule has 0 atom stereocenters. The molecule has 2 aromatic carbocycles. The largest absolute Gasteiger partial charge is 0.380 e. The Balaban J connectivity index is 2.20. The second-order valence-electron chi connectivity index (χ2n) is 4.32. The van der Waals surface area contributed by atoms with Crippen LogP contribution in [0.5, 0.6) is 0 Å². The van der Waals surface area contributed by atoms with Crippen LogP contribution in [0.25, 0.3) is 0 Å². The van der Waals surface area contributed by atoms with E-state index in [9.17, 15) is 14.5 Å². The molecule has 6 heteroatoms. The van der Waals surface area contributed by atoms with Crippen LogP contribution >= 0.6 is 11.6 Å². The molecule has 2 aromatic rings. The van der Waals surface area contributed by atoms with Gasteiger partial charge in [-0.25, -0.2) is 4.39 Å². The fourth-order valence-electron chi connectivity index (χ4n) is 1.79. The van der Waals surface area contributed by atoms with Gasteiger partial charge in [0, 0.05) is 29.9 Å². The summed E-state index contributed by atoms with van der Waals surface area (Å²) in [5.74, 6) is -0.482. The standard InChI is InChI=1S/C14H12ClFN2O2/c1-9-5-6-11(18(19)20)7-13(9)17-8-10-3-2-4-12(15)14(10)16/h2-7,17H,8H2,1H3. The summed E-state index contributed by atoms with van der Waals surface area (Å²) in [6.45, 7) is 2.02. The monoisotopic (exact) mass is 294 g/mol. The number of benzene rings is 2. The first-order valence-electron chi connectivity index (χ1n) is 5.91. The van der Waals surface area contributed by atoms with E-state index in [1.165, 1.54) is 18.2 Å². The smallest absolute Gasteiger partial charge is 0.271 e. The lowest BCUT2D eigenvalue weighted by Gasteiger charge is -2.10. The Kier molecular flexibility index (Phi) is 4.20. The van der Waals surface area contributed by atoms with Crippen LogP contribution in [0.3, 0.4) is 0 Å². The van der Waals surface area contributed by atoms with Gasteiger partial charge >= 0.3 is 0 Å². The first-order valence-corrected chi connectivity index (χ1v) is 6.28. The van der Waals surface area contributed by atoms with E-state index < -0.39 is 10.7 Å². The van der Waals surface area contributed by atoms with Crippen molar-refractivity contribution in [3.8, 4) is 0 Å². The second-order valence-corrected chi connectivity index (χ2v) is 4.73. The van der Waals surface area contributed by atoms with Crippen molar-refractivity contribution in [3.05, 3.63) is 68.5 Å². The molecule has 0 amide bonds. The van der Waals surface area contributed by atoms with E-state index in [-0.39, 0.29) is 17.3 Å². The molecule has 104 valence electrons. The quantitative estimate of drug-likeness (QED) is 0.675. The summed E-state index contributed by atoms with van der Waals surface area (Å²) >= 11 is 5.70. The number of anilines is 1. The molecule has 4 nitrogen and oxygen atoms in total. The number of aryl methyl sites for hydroxylation is 1. The van der Waals surface area contributed by atoms with Gasteiger partial charge < -0.3 is 5.32 Å². The molecule has 0 saturated carbocycles. The van der Waals surface area contributed by atoms with E-state index in [2.05, 4.69) is 5.32 Å². The van der Waals surface area contributed by atoms with Crippen molar-refractivity contribution in [1.29, 1.82) is 0 Å². The van der Waals surface area contributed by atoms with Crippen LogP contribution in [0.15, 0.2) is 36.4 Å². The SMILES string of the molecule is Cc1ccc([N+](=O)[O-])cc1NCc1cccc(Cl)c1F. The molecule has 0 aliphatic heterocycles. The predicted molar refractivity (Wildman–Crippen MR) is 76.6 cm³/mol. The van der Waals surface area contributed by atoms with Gasteiger partial charge in [-0.15, -0.1) is 0 Å². The van der Waals surface area contributed by atoms with Crippen LogP contribution in [0.4, 0.5) is 15.8 Å². The maximum atomic E-state index is 13.7. The molecule has 0 aliphatic carbocycles. The molecule has 20 heavy (non-hydrogen) atoms. The van der Waals surface area contributed by atoms with Gasteiger partial charge in [0.2, 0.25) is 0 Å². The number of nitro benzene ring substituents is 1. The maximum Gasteiger partial charge on any atom is 0.271 e. The number of nitro groups is 1. The third-order valence-corrected chi connectivity index (χ3v) is 3.22. The lowest BCUT2D eigenvalue weighted by atomic mass is 10.1. The highest BCUT2D eigenvalue weighted by Gasteiger charge is 2.10. The fourth-order valence-corrected chi connectivity index (χ4v) is 1.98. The zero-order valence-corrected chi connectivity index (χ0v) is 11.4. The van der Waals surface area contributed by atoms with Gasteiger partial charge in [0.05, 0.1) is 9.95 Å². The Labute approximate surface area is 120 Å². The second kappa shape index (κ2) is 5.88. The summed E-state index contributed by atoms with van der Waals surface area (Å²) in [6.07, 6.45) is 0. The Morgan fingerprint density at radius 3 is 2.80 bits per heavy atom. The molecule has 0 bridgehead atoms. The van der Waals surface area contributed by atoms with E-state index in [4.69, 9.17) is 11.6 Å². The van der Waals surface area contributed by atoms with Crippen molar-refractivity contribution in [2.45, 2.75) is 13.5 Å². The highest BCUT2D eigenvalue weighted by molar-refractivity contribution is 6.30. The highest BCUT2D eigenvalue weighted by atomic mass is 35.5. The Morgan fingerprint density at radius 1 is 1.35 bits per heavy atom. The molecule has 0 fully saturated rings. The van der Waals surface area contributed by atoms with Crippen molar-refractivity contribution in [1.82, 2.24) is 0 Å². The van der Waals surface area contributed by atoms with Gasteiger partial charge in [-0.2, -0.15) is 0 Å². The number of rotatable bonds is 4. The van der Waals surface area contributed by atoms with Gasteiger partial charge in [0.15, 0.2) is 0 Å². The van der Waals surface area contributed by atoms with Crippen LogP contribution in [-0.4, -0.2) is 4.92 Å². The lowest BCUT2D eigenvalue weighted by Crippen LogP contribution is -2.04. The molecular formula is C14H12ClFN2O2. The molecule has 2 rings (SSSR count). The molecule has 0 unspecified atom stereocenters. The van der Waals surface area contributed by atoms with Gasteiger partial charge in [-0.3, -0.25) is 10.1 Å². The van der Waals surface area contributed by atoms with E-state index in [0.717, 1.165) is 5.56 Å². The summed E-state index contributed by atoms with van der Waals surface area (Å²) in [5, 5.41) is 13.8. The van der Waals surface area contributed by atoms with Gasteiger partial charge in [0.25, 0.3) is 5.69 Å². The normalized spacial score (nSPS) is 10.3. The molecule has 1 N–H and O–H groups in total. The summed E-state index contributed by atoms with van der Waals surface area (Å²) in [4.78, 5) is 10.3. The fraction of sp³-hybridized carbons (Fsp3) is 0.143. The minimum absolute atomic E-state index is 0.00957. The van der Waals surface area contributed by atoms with E-state index in [1.54, 1.807) is 18.2 Å². The first-order chi connectivity index (χ1) is 9.49. The Morgan fingerprint density at radius 2 is 2.10 bits per heavy atom. The number of non-ortho nitro benzene ring substituents is 1. The number of nitrogens with one attached hydrogen (secondary N) is 1. The number of hydrogen-bond donors (Lipinski definition) is 1. The van der Waals surface area contributed by atoms with Gasteiger partial charge in [-0.05, 0) is 18.6 Å². The summed E-state index contributed by atoms with van der Waals surface area (Å²) < 4.78 is 13.7. The van der Waals surface area contributed by atoms with Crippen molar-refractivity contribution < 1.29 is 9.31 Å². The lowest BCUT2D eigenvalue weighted by molar-refractivity contribution is -0.384. The van der Waals surface area contributed by atoms with E-state index in [0.29, 0.717) is 11.3 Å². The minimum Gasteiger partial charge on any atom is -0.380 e. The van der Waals surface area contributed by atoms with Crippen molar-refractivity contribution in [2.24, 2.45) is 0 Å². The highest BCUT2D eigenvalue weighted by Crippen LogP contribution is 2.24. The first kappa shape index (κ1) is 14.3. The maximum absolute atomic E-state index is 13.7. The van der Waals surface area contributed by atoms with Crippen LogP contribution in [0, 0.1) is 22.9 Å². The topological polar surface area (TPSA) is 55.2 Å². The Hall–Kier alpha value is -2.14. The zero-order valence-electron chi connectivity index (χ0n) is 10.7. The van der Waals surface area contributed by atoms with Crippen molar-refractivity contribution in [3.63, 3.8) is 0 Å². The summed E-state index contributed by atoms with van der Waals surface area (Å²) in [7, 11) is 0. The molecule has 0 spiro atoms. The Bertz CT molecular complexity index is 662. The van der Waals surface area contributed by atoms with Gasteiger partial charge in [0.1, 0.15) is 5.82 Å². The van der Waals surface area contributed by atoms with Crippen molar-refractivity contribution in [2.75, 3.05) is 5.32 Å². The van der Waals surface area contributed by atoms with E-state index in [1.807, 2.05) is 6.92 Å². The number of nitrogens with zero attached hydrogens (tertiary/aromatic N) is 1. The number of halogens is 2. The van der Waals surface area contributed by atoms with Crippen molar-refractivity contribution >= 4 is 23.0 Å². The van der Waals surface area contributed by atoms with Crippen LogP contribution in [-0.2, 0) is 6.54 Å². The average molecular weight is 295 g/mol. The van der Waals surface area contributed by atoms with Crippen LogP contribution in [0.2, 0.25) is 5.02 Å². The summed E-state index contributed by atoms with van der Waals surface area (Å²) in [5.41, 5.74) is 1.84. The van der Waals surface area contributed by atoms with Gasteiger partial charge in [-0.1, -0.05) is 29.8 Å². The predicted octanol–water partition coefficient (Wildman–Crippen LogP) is 4.31. The third-order valence-electron chi connectivity index (χ3n) is 2.93. The molecule has 0 saturated heterocycles. The molecule has 0 aromatic heterocycles. The van der Waals surface area contributed by atoms with Crippen LogP contribution in [0.1, 0.15) is 11.1 Å². The number of hydrogen-bond acceptors (Lipinski definition) is 3. The minimum atomic E-state index is -0.482. The van der Waals surface area contributed by atoms with Crippen LogP contribution < -0.4 is 5.32 Å². The zero-order chi connectivity index (χ0) is 14.7. The molecule has 0 heterocycles.